The Morgan fingerprint density at radius 1 is 1.38 bits per heavy atom. The first-order chi connectivity index (χ1) is 6.20. The molecule has 4 heteroatoms. The molecule has 0 fully saturated rings. The van der Waals surface area contributed by atoms with Gasteiger partial charge >= 0.3 is 5.97 Å². The number of rotatable bonds is 4. The minimum Gasteiger partial charge on any atom is -0.490 e. The summed E-state index contributed by atoms with van der Waals surface area (Å²) in [6.45, 7) is -0.237. The molecule has 4 nitrogen and oxygen atoms in total. The summed E-state index contributed by atoms with van der Waals surface area (Å²) in [5.74, 6) is -0.737. The number of carboxylic acids is 1. The van der Waals surface area contributed by atoms with Crippen molar-refractivity contribution in [2.45, 2.75) is 6.10 Å². The summed E-state index contributed by atoms with van der Waals surface area (Å²) in [5, 5.41) is 17.2. The van der Waals surface area contributed by atoms with Gasteiger partial charge in [-0.15, -0.1) is 0 Å². The zero-order valence-corrected chi connectivity index (χ0v) is 6.88. The molecule has 1 aromatic carbocycles. The second-order valence-electron chi connectivity index (χ2n) is 2.48. The Morgan fingerprint density at radius 2 is 2.00 bits per heavy atom. The summed E-state index contributed by atoms with van der Waals surface area (Å²) in [4.78, 5) is 10.2. The Morgan fingerprint density at radius 3 is 2.54 bits per heavy atom. The molecule has 0 unspecified atom stereocenters. The number of benzene rings is 1. The minimum atomic E-state index is -1.47. The van der Waals surface area contributed by atoms with Crippen LogP contribution in [0, 0.1) is 0 Å². The third kappa shape index (κ3) is 3.13. The molecular weight excluding hydrogens is 172 g/mol. The number of hydrogen-bond donors (Lipinski definition) is 2. The van der Waals surface area contributed by atoms with Crippen molar-refractivity contribution in [3.63, 3.8) is 0 Å². The van der Waals surface area contributed by atoms with Crippen molar-refractivity contribution in [2.24, 2.45) is 0 Å². The maximum Gasteiger partial charge on any atom is 0.336 e. The van der Waals surface area contributed by atoms with Crippen LogP contribution in [0.2, 0.25) is 0 Å². The van der Waals surface area contributed by atoms with E-state index >= 15 is 0 Å². The molecule has 1 atom stereocenters. The molecule has 2 N–H and O–H groups in total. The summed E-state index contributed by atoms with van der Waals surface area (Å²) in [5.41, 5.74) is 0. The van der Waals surface area contributed by atoms with Crippen LogP contribution in [0.1, 0.15) is 0 Å². The Hall–Kier alpha value is -1.55. The SMILES string of the molecule is O=C(O)[C@H](O)COc1ccccc1. The lowest BCUT2D eigenvalue weighted by Crippen LogP contribution is -2.26. The van der Waals surface area contributed by atoms with Gasteiger partial charge < -0.3 is 14.9 Å². The molecule has 70 valence electrons. The number of ether oxygens (including phenoxy) is 1. The van der Waals surface area contributed by atoms with Gasteiger partial charge in [0.1, 0.15) is 12.4 Å². The van der Waals surface area contributed by atoms with Crippen LogP contribution in [0.3, 0.4) is 0 Å². The first-order valence-corrected chi connectivity index (χ1v) is 3.79. The number of carbonyl (C=O) groups is 1. The lowest BCUT2D eigenvalue weighted by molar-refractivity contribution is -0.148. The molecule has 0 saturated heterocycles. The number of hydrogen-bond acceptors (Lipinski definition) is 3. The van der Waals surface area contributed by atoms with E-state index in [2.05, 4.69) is 0 Å². The van der Waals surface area contributed by atoms with E-state index in [4.69, 9.17) is 14.9 Å². The van der Waals surface area contributed by atoms with E-state index in [1.54, 1.807) is 24.3 Å². The molecule has 1 aromatic rings. The highest BCUT2D eigenvalue weighted by atomic mass is 16.5. The first-order valence-electron chi connectivity index (χ1n) is 3.79. The van der Waals surface area contributed by atoms with Gasteiger partial charge in [0.25, 0.3) is 0 Å². The molecule has 0 heterocycles. The zero-order chi connectivity index (χ0) is 9.68. The van der Waals surface area contributed by atoms with Crippen molar-refractivity contribution >= 4 is 5.97 Å². The monoisotopic (exact) mass is 182 g/mol. The highest BCUT2D eigenvalue weighted by Crippen LogP contribution is 2.08. The average molecular weight is 182 g/mol. The summed E-state index contributed by atoms with van der Waals surface area (Å²) in [6.07, 6.45) is -1.47. The van der Waals surface area contributed by atoms with Crippen LogP contribution < -0.4 is 4.74 Å². The lowest BCUT2D eigenvalue weighted by Gasteiger charge is -2.07. The molecule has 0 saturated carbocycles. The van der Waals surface area contributed by atoms with Crippen LogP contribution in [-0.2, 0) is 4.79 Å². The predicted molar refractivity (Wildman–Crippen MR) is 45.6 cm³/mol. The second-order valence-corrected chi connectivity index (χ2v) is 2.48. The molecule has 0 radical (unpaired) electrons. The molecule has 1 rings (SSSR count). The Bertz CT molecular complexity index is 270. The van der Waals surface area contributed by atoms with Crippen molar-refractivity contribution in [3.8, 4) is 5.75 Å². The maximum atomic E-state index is 10.2. The standard InChI is InChI=1S/C9H10O4/c10-8(9(11)12)6-13-7-4-2-1-3-5-7/h1-5,8,10H,6H2,(H,11,12)/t8-/m1/s1. The summed E-state index contributed by atoms with van der Waals surface area (Å²) in [7, 11) is 0. The van der Waals surface area contributed by atoms with E-state index in [1.807, 2.05) is 6.07 Å². The smallest absolute Gasteiger partial charge is 0.336 e. The molecule has 0 aromatic heterocycles. The third-order valence-electron chi connectivity index (χ3n) is 1.44. The molecular formula is C9H10O4. The van der Waals surface area contributed by atoms with Crippen molar-refractivity contribution in [1.29, 1.82) is 0 Å². The Balaban J connectivity index is 2.39. The molecule has 0 aliphatic rings. The highest BCUT2D eigenvalue weighted by Gasteiger charge is 2.13. The Kier molecular flexibility index (Phi) is 3.28. The van der Waals surface area contributed by atoms with Crippen molar-refractivity contribution < 1.29 is 19.7 Å². The average Bonchev–Trinajstić information content (AvgIpc) is 2.15. The molecule has 0 spiro atoms. The molecule has 0 aliphatic carbocycles. The number of aliphatic hydroxyl groups is 1. The fourth-order valence-electron chi connectivity index (χ4n) is 0.763. The first kappa shape index (κ1) is 9.54. The van der Waals surface area contributed by atoms with Gasteiger partial charge in [-0.25, -0.2) is 4.79 Å². The predicted octanol–water partition coefficient (Wildman–Crippen LogP) is 0.511. The summed E-state index contributed by atoms with van der Waals surface area (Å²) < 4.78 is 5.00. The van der Waals surface area contributed by atoms with Gasteiger partial charge in [-0.2, -0.15) is 0 Å². The van der Waals surface area contributed by atoms with Crippen LogP contribution in [0.15, 0.2) is 30.3 Å². The van der Waals surface area contributed by atoms with Crippen molar-refractivity contribution in [3.05, 3.63) is 30.3 Å². The normalized spacial score (nSPS) is 12.1. The number of para-hydroxylation sites is 1. The van der Waals surface area contributed by atoms with E-state index in [9.17, 15) is 4.79 Å². The molecule has 0 aliphatic heterocycles. The van der Waals surface area contributed by atoms with E-state index in [0.717, 1.165) is 0 Å². The topological polar surface area (TPSA) is 66.8 Å². The molecule has 0 amide bonds. The molecule has 0 bridgehead atoms. The fourth-order valence-corrected chi connectivity index (χ4v) is 0.763. The summed E-state index contributed by atoms with van der Waals surface area (Å²) >= 11 is 0. The van der Waals surface area contributed by atoms with Crippen LogP contribution in [0.4, 0.5) is 0 Å². The van der Waals surface area contributed by atoms with Gasteiger partial charge in [0.05, 0.1) is 0 Å². The van der Waals surface area contributed by atoms with Crippen LogP contribution in [0.25, 0.3) is 0 Å². The third-order valence-corrected chi connectivity index (χ3v) is 1.44. The van der Waals surface area contributed by atoms with E-state index in [-0.39, 0.29) is 6.61 Å². The molecule has 13 heavy (non-hydrogen) atoms. The van der Waals surface area contributed by atoms with Crippen LogP contribution in [0.5, 0.6) is 5.75 Å². The largest absolute Gasteiger partial charge is 0.490 e. The van der Waals surface area contributed by atoms with E-state index in [0.29, 0.717) is 5.75 Å². The fraction of sp³-hybridized carbons (Fsp3) is 0.222. The van der Waals surface area contributed by atoms with Gasteiger partial charge in [0.15, 0.2) is 6.10 Å². The van der Waals surface area contributed by atoms with E-state index in [1.165, 1.54) is 0 Å². The van der Waals surface area contributed by atoms with Gasteiger partial charge in [0.2, 0.25) is 0 Å². The van der Waals surface area contributed by atoms with Gasteiger partial charge in [-0.3, -0.25) is 0 Å². The minimum absolute atomic E-state index is 0.237. The quantitative estimate of drug-likeness (QED) is 0.712. The van der Waals surface area contributed by atoms with Crippen LogP contribution in [-0.4, -0.2) is 28.9 Å². The zero-order valence-electron chi connectivity index (χ0n) is 6.88. The van der Waals surface area contributed by atoms with Gasteiger partial charge in [-0.05, 0) is 12.1 Å². The second kappa shape index (κ2) is 4.47. The van der Waals surface area contributed by atoms with Gasteiger partial charge in [-0.1, -0.05) is 18.2 Å². The lowest BCUT2D eigenvalue weighted by atomic mass is 10.3. The number of aliphatic carboxylic acids is 1. The highest BCUT2D eigenvalue weighted by molar-refractivity contribution is 5.72. The van der Waals surface area contributed by atoms with Gasteiger partial charge in [0, 0.05) is 0 Å². The number of carboxylic acid groups (broad SMARTS) is 1. The van der Waals surface area contributed by atoms with Crippen molar-refractivity contribution in [2.75, 3.05) is 6.61 Å². The Labute approximate surface area is 75.4 Å². The van der Waals surface area contributed by atoms with Crippen molar-refractivity contribution in [1.82, 2.24) is 0 Å². The van der Waals surface area contributed by atoms with E-state index < -0.39 is 12.1 Å². The maximum absolute atomic E-state index is 10.2. The summed E-state index contributed by atoms with van der Waals surface area (Å²) in [6, 6.07) is 8.73. The number of aliphatic hydroxyl groups excluding tert-OH is 1. The van der Waals surface area contributed by atoms with Crippen LogP contribution >= 0.6 is 0 Å².